The number of aromatic amines is 1. The van der Waals surface area contributed by atoms with Crippen molar-refractivity contribution in [3.8, 4) is 11.1 Å². The fraction of sp³-hybridized carbons (Fsp3) is 0.211. The van der Waals surface area contributed by atoms with E-state index in [0.717, 1.165) is 34.1 Å². The zero-order chi connectivity index (χ0) is 17.4. The molecule has 0 amide bonds. The Bertz CT molecular complexity index is 1110. The first-order valence-electron chi connectivity index (χ1n) is 8.32. The molecule has 3 aromatic heterocycles. The van der Waals surface area contributed by atoms with Crippen LogP contribution in [-0.2, 0) is 6.54 Å². The molecule has 1 aromatic carbocycles. The fourth-order valence-corrected chi connectivity index (χ4v) is 3.28. The molecule has 126 valence electrons. The van der Waals surface area contributed by atoms with Gasteiger partial charge < -0.3 is 10.3 Å². The third kappa shape index (κ3) is 2.51. The molecule has 3 heterocycles. The Kier molecular flexibility index (Phi) is 3.82. The van der Waals surface area contributed by atoms with Crippen LogP contribution in [0.25, 0.3) is 32.9 Å². The predicted octanol–water partition coefficient (Wildman–Crippen LogP) is 2.60. The number of nitrogens with zero attached hydrogens (tertiary/aromatic N) is 3. The second kappa shape index (κ2) is 6.14. The van der Waals surface area contributed by atoms with E-state index in [1.807, 2.05) is 37.4 Å². The molecule has 0 radical (unpaired) electrons. The first kappa shape index (κ1) is 15.5. The highest BCUT2D eigenvalue weighted by molar-refractivity contribution is 6.05. The minimum Gasteiger partial charge on any atom is -0.330 e. The van der Waals surface area contributed by atoms with Gasteiger partial charge in [-0.1, -0.05) is 12.1 Å². The van der Waals surface area contributed by atoms with Crippen LogP contribution in [0.1, 0.15) is 12.1 Å². The SMILES string of the molecule is Cc1[nH]nc2c1c(=O)n(CCCN)c1ccc(-c3cccnc3)cc21. The third-order valence-electron chi connectivity index (χ3n) is 4.53. The summed E-state index contributed by atoms with van der Waals surface area (Å²) in [5, 5.41) is 8.94. The van der Waals surface area contributed by atoms with Crippen molar-refractivity contribution in [3.63, 3.8) is 0 Å². The first-order valence-corrected chi connectivity index (χ1v) is 8.32. The number of aryl methyl sites for hydroxylation is 2. The maximum Gasteiger partial charge on any atom is 0.262 e. The van der Waals surface area contributed by atoms with Crippen LogP contribution in [0.15, 0.2) is 47.5 Å². The van der Waals surface area contributed by atoms with Crippen LogP contribution in [0.3, 0.4) is 0 Å². The molecule has 6 nitrogen and oxygen atoms in total. The second-order valence-corrected chi connectivity index (χ2v) is 6.14. The van der Waals surface area contributed by atoms with Gasteiger partial charge in [-0.2, -0.15) is 5.10 Å². The van der Waals surface area contributed by atoms with Crippen LogP contribution in [0.2, 0.25) is 0 Å². The Hall–Kier alpha value is -2.99. The normalized spacial score (nSPS) is 11.4. The lowest BCUT2D eigenvalue weighted by Crippen LogP contribution is -2.22. The van der Waals surface area contributed by atoms with Crippen LogP contribution < -0.4 is 11.3 Å². The van der Waals surface area contributed by atoms with Gasteiger partial charge in [0.1, 0.15) is 5.52 Å². The lowest BCUT2D eigenvalue weighted by Gasteiger charge is -2.12. The van der Waals surface area contributed by atoms with Gasteiger partial charge in [-0.15, -0.1) is 0 Å². The van der Waals surface area contributed by atoms with E-state index in [1.165, 1.54) is 0 Å². The molecule has 3 N–H and O–H groups in total. The Morgan fingerprint density at radius 2 is 2.12 bits per heavy atom. The van der Waals surface area contributed by atoms with Crippen molar-refractivity contribution in [2.45, 2.75) is 19.9 Å². The number of hydrogen-bond donors (Lipinski definition) is 2. The fourth-order valence-electron chi connectivity index (χ4n) is 3.28. The minimum absolute atomic E-state index is 0.0173. The van der Waals surface area contributed by atoms with Gasteiger partial charge >= 0.3 is 0 Å². The molecule has 0 atom stereocenters. The second-order valence-electron chi connectivity index (χ2n) is 6.14. The van der Waals surface area contributed by atoms with Crippen molar-refractivity contribution >= 4 is 21.8 Å². The summed E-state index contributed by atoms with van der Waals surface area (Å²) < 4.78 is 1.81. The molecule has 4 aromatic rings. The summed E-state index contributed by atoms with van der Waals surface area (Å²) in [6, 6.07) is 10.0. The zero-order valence-corrected chi connectivity index (χ0v) is 14.0. The monoisotopic (exact) mass is 333 g/mol. The van der Waals surface area contributed by atoms with Crippen molar-refractivity contribution in [2.24, 2.45) is 5.73 Å². The standard InChI is InChI=1S/C19H19N5O/c1-12-17-18(23-22-12)15-10-13(14-4-2-8-21-11-14)5-6-16(15)24(19(17)25)9-3-7-20/h2,4-6,8,10-11H,3,7,9,20H2,1H3,(H,22,23). The maximum absolute atomic E-state index is 12.9. The van der Waals surface area contributed by atoms with E-state index in [9.17, 15) is 4.79 Å². The number of benzene rings is 1. The van der Waals surface area contributed by atoms with Crippen LogP contribution in [0.4, 0.5) is 0 Å². The molecule has 0 spiro atoms. The van der Waals surface area contributed by atoms with E-state index in [0.29, 0.717) is 24.0 Å². The summed E-state index contributed by atoms with van der Waals surface area (Å²) in [5.41, 5.74) is 10.1. The number of H-pyrrole nitrogens is 1. The molecule has 0 aliphatic carbocycles. The summed E-state index contributed by atoms with van der Waals surface area (Å²) >= 11 is 0. The highest BCUT2D eigenvalue weighted by Gasteiger charge is 2.15. The zero-order valence-electron chi connectivity index (χ0n) is 14.0. The van der Waals surface area contributed by atoms with Crippen molar-refractivity contribution in [2.75, 3.05) is 6.54 Å². The highest BCUT2D eigenvalue weighted by atomic mass is 16.1. The van der Waals surface area contributed by atoms with E-state index in [-0.39, 0.29) is 5.56 Å². The van der Waals surface area contributed by atoms with Crippen molar-refractivity contribution < 1.29 is 0 Å². The van der Waals surface area contributed by atoms with E-state index >= 15 is 0 Å². The number of nitrogens with two attached hydrogens (primary N) is 1. The molecule has 4 rings (SSSR count). The third-order valence-corrected chi connectivity index (χ3v) is 4.53. The molecule has 25 heavy (non-hydrogen) atoms. The molecular formula is C19H19N5O. The lowest BCUT2D eigenvalue weighted by molar-refractivity contribution is 0.654. The number of pyridine rings is 2. The molecule has 0 saturated carbocycles. The average molecular weight is 333 g/mol. The van der Waals surface area contributed by atoms with Crippen molar-refractivity contribution in [3.05, 3.63) is 58.8 Å². The Balaban J connectivity index is 2.06. The molecule has 0 aliphatic heterocycles. The summed E-state index contributed by atoms with van der Waals surface area (Å²) in [6.45, 7) is 3.02. The maximum atomic E-state index is 12.9. The van der Waals surface area contributed by atoms with Gasteiger partial charge in [0.2, 0.25) is 0 Å². The number of fused-ring (bicyclic) bond motifs is 3. The van der Waals surface area contributed by atoms with Gasteiger partial charge in [0.05, 0.1) is 10.9 Å². The van der Waals surface area contributed by atoms with Gasteiger partial charge in [0.15, 0.2) is 0 Å². The van der Waals surface area contributed by atoms with Crippen molar-refractivity contribution in [1.29, 1.82) is 0 Å². The number of aromatic nitrogens is 4. The van der Waals surface area contributed by atoms with E-state index in [1.54, 1.807) is 10.8 Å². The number of hydrogen-bond acceptors (Lipinski definition) is 4. The predicted molar refractivity (Wildman–Crippen MR) is 99.5 cm³/mol. The highest BCUT2D eigenvalue weighted by Crippen LogP contribution is 2.28. The summed E-state index contributed by atoms with van der Waals surface area (Å²) in [7, 11) is 0. The van der Waals surface area contributed by atoms with Gasteiger partial charge in [-0.3, -0.25) is 14.9 Å². The summed E-state index contributed by atoms with van der Waals surface area (Å²) in [4.78, 5) is 17.1. The van der Waals surface area contributed by atoms with Gasteiger partial charge in [-0.05, 0) is 43.7 Å². The van der Waals surface area contributed by atoms with Crippen LogP contribution in [0, 0.1) is 6.92 Å². The largest absolute Gasteiger partial charge is 0.330 e. The van der Waals surface area contributed by atoms with Gasteiger partial charge in [0.25, 0.3) is 5.56 Å². The quantitative estimate of drug-likeness (QED) is 0.601. The minimum atomic E-state index is -0.0173. The first-order chi connectivity index (χ1) is 12.2. The van der Waals surface area contributed by atoms with Crippen LogP contribution in [0.5, 0.6) is 0 Å². The molecule has 0 unspecified atom stereocenters. The summed E-state index contributed by atoms with van der Waals surface area (Å²) in [6.07, 6.45) is 4.34. The smallest absolute Gasteiger partial charge is 0.262 e. The molecular weight excluding hydrogens is 314 g/mol. The number of nitrogens with one attached hydrogen (secondary N) is 1. The topological polar surface area (TPSA) is 89.6 Å². The number of rotatable bonds is 4. The molecule has 6 heteroatoms. The van der Waals surface area contributed by atoms with Gasteiger partial charge in [-0.25, -0.2) is 0 Å². The Morgan fingerprint density at radius 1 is 1.24 bits per heavy atom. The van der Waals surface area contributed by atoms with Crippen LogP contribution in [-0.4, -0.2) is 26.3 Å². The molecule has 0 bridgehead atoms. The van der Waals surface area contributed by atoms with Crippen LogP contribution >= 0.6 is 0 Å². The van der Waals surface area contributed by atoms with E-state index in [4.69, 9.17) is 5.73 Å². The van der Waals surface area contributed by atoms with E-state index in [2.05, 4.69) is 21.2 Å². The molecule has 0 saturated heterocycles. The Morgan fingerprint density at radius 3 is 2.88 bits per heavy atom. The Labute approximate surface area is 144 Å². The summed E-state index contributed by atoms with van der Waals surface area (Å²) in [5.74, 6) is 0. The van der Waals surface area contributed by atoms with E-state index < -0.39 is 0 Å². The average Bonchev–Trinajstić information content (AvgIpc) is 3.04. The van der Waals surface area contributed by atoms with Crippen molar-refractivity contribution in [1.82, 2.24) is 19.7 Å². The van der Waals surface area contributed by atoms with Gasteiger partial charge in [0, 0.05) is 35.6 Å². The molecule has 0 aliphatic rings. The molecule has 0 fully saturated rings. The lowest BCUT2D eigenvalue weighted by atomic mass is 10.0.